The zero-order chi connectivity index (χ0) is 15.1. The van der Waals surface area contributed by atoms with Crippen molar-refractivity contribution in [2.24, 2.45) is 0 Å². The Bertz CT molecular complexity index is 563. The molecule has 0 aliphatic carbocycles. The molecule has 0 saturated carbocycles. The fourth-order valence-electron chi connectivity index (χ4n) is 2.04. The largest absolute Gasteiger partial charge is 0.293 e. The maximum atomic E-state index is 12.3. The number of carbonyl (C=O) groups is 1. The van der Waals surface area contributed by atoms with E-state index in [0.717, 1.165) is 31.4 Å². The Morgan fingerprint density at radius 3 is 2.71 bits per heavy atom. The summed E-state index contributed by atoms with van der Waals surface area (Å²) in [5.41, 5.74) is 1.12. The Morgan fingerprint density at radius 1 is 1.24 bits per heavy atom. The number of amides is 1. The van der Waals surface area contributed by atoms with Crippen molar-refractivity contribution >= 4 is 40.3 Å². The van der Waals surface area contributed by atoms with Gasteiger partial charge in [0.2, 0.25) is 0 Å². The molecule has 21 heavy (non-hydrogen) atoms. The predicted molar refractivity (Wildman–Crippen MR) is 95.0 cm³/mol. The van der Waals surface area contributed by atoms with Crippen molar-refractivity contribution in [1.29, 1.82) is 0 Å². The third kappa shape index (κ3) is 4.55. The first-order chi connectivity index (χ1) is 10.2. The van der Waals surface area contributed by atoms with Gasteiger partial charge in [-0.1, -0.05) is 86.2 Å². The van der Waals surface area contributed by atoms with Crippen LogP contribution in [0.15, 0.2) is 47.4 Å². The fraction of sp³-hybridized carbons (Fsp3) is 0.294. The van der Waals surface area contributed by atoms with E-state index in [4.69, 9.17) is 12.2 Å². The van der Waals surface area contributed by atoms with E-state index >= 15 is 0 Å². The molecule has 0 N–H and O–H groups in total. The van der Waals surface area contributed by atoms with E-state index in [9.17, 15) is 4.79 Å². The molecule has 1 fully saturated rings. The Balaban J connectivity index is 1.98. The lowest BCUT2D eigenvalue weighted by Crippen LogP contribution is -2.28. The first-order valence-electron chi connectivity index (χ1n) is 7.19. The Kier molecular flexibility index (Phi) is 6.21. The van der Waals surface area contributed by atoms with Crippen LogP contribution in [0, 0.1) is 0 Å². The smallest absolute Gasteiger partial charge is 0.266 e. The van der Waals surface area contributed by atoms with E-state index < -0.39 is 0 Å². The first-order valence-corrected chi connectivity index (χ1v) is 8.42. The third-order valence-electron chi connectivity index (χ3n) is 3.19. The van der Waals surface area contributed by atoms with Crippen LogP contribution >= 0.6 is 24.0 Å². The minimum absolute atomic E-state index is 0.0406. The van der Waals surface area contributed by atoms with Gasteiger partial charge in [0.15, 0.2) is 0 Å². The monoisotopic (exact) mass is 317 g/mol. The number of unbranched alkanes of at least 4 members (excludes halogenated alkanes) is 2. The van der Waals surface area contributed by atoms with Gasteiger partial charge in [-0.25, -0.2) is 0 Å². The van der Waals surface area contributed by atoms with Crippen LogP contribution in [0.4, 0.5) is 0 Å². The van der Waals surface area contributed by atoms with Crippen LogP contribution < -0.4 is 0 Å². The Labute approximate surface area is 135 Å². The van der Waals surface area contributed by atoms with E-state index in [1.54, 1.807) is 4.90 Å². The molecule has 1 aliphatic rings. The molecule has 0 aromatic heterocycles. The highest BCUT2D eigenvalue weighted by atomic mass is 32.2. The highest BCUT2D eigenvalue weighted by molar-refractivity contribution is 8.26. The summed E-state index contributed by atoms with van der Waals surface area (Å²) in [6, 6.07) is 10.0. The predicted octanol–water partition coefficient (Wildman–Crippen LogP) is 4.63. The van der Waals surface area contributed by atoms with Crippen LogP contribution in [0.2, 0.25) is 0 Å². The van der Waals surface area contributed by atoms with Crippen LogP contribution in [0.25, 0.3) is 6.08 Å². The molecule has 1 aromatic carbocycles. The molecule has 1 heterocycles. The molecule has 2 nitrogen and oxygen atoms in total. The van der Waals surface area contributed by atoms with Gasteiger partial charge >= 0.3 is 0 Å². The molecule has 0 atom stereocenters. The van der Waals surface area contributed by atoms with Gasteiger partial charge in [-0.05, 0) is 18.1 Å². The van der Waals surface area contributed by atoms with Gasteiger partial charge in [-0.15, -0.1) is 0 Å². The number of nitrogens with zero attached hydrogens (tertiary/aromatic N) is 1. The summed E-state index contributed by atoms with van der Waals surface area (Å²) >= 11 is 6.68. The van der Waals surface area contributed by atoms with Gasteiger partial charge in [0.25, 0.3) is 5.91 Å². The highest BCUT2D eigenvalue weighted by Crippen LogP contribution is 2.31. The number of hydrogen-bond donors (Lipinski definition) is 0. The lowest BCUT2D eigenvalue weighted by molar-refractivity contribution is -0.122. The molecule has 2 rings (SSSR count). The maximum Gasteiger partial charge on any atom is 0.266 e. The quantitative estimate of drug-likeness (QED) is 0.433. The van der Waals surface area contributed by atoms with Crippen molar-refractivity contribution in [1.82, 2.24) is 4.90 Å². The van der Waals surface area contributed by atoms with Gasteiger partial charge in [0.05, 0.1) is 4.91 Å². The van der Waals surface area contributed by atoms with E-state index in [1.165, 1.54) is 11.8 Å². The Morgan fingerprint density at radius 2 is 2.00 bits per heavy atom. The fourth-order valence-corrected chi connectivity index (χ4v) is 3.30. The number of rotatable bonds is 6. The van der Waals surface area contributed by atoms with Gasteiger partial charge in [0, 0.05) is 6.54 Å². The van der Waals surface area contributed by atoms with Gasteiger partial charge in [0.1, 0.15) is 4.32 Å². The number of hydrogen-bond acceptors (Lipinski definition) is 3. The summed E-state index contributed by atoms with van der Waals surface area (Å²) in [6.45, 7) is 2.89. The van der Waals surface area contributed by atoms with Crippen molar-refractivity contribution in [3.63, 3.8) is 0 Å². The minimum Gasteiger partial charge on any atom is -0.293 e. The second-order valence-electron chi connectivity index (χ2n) is 4.83. The zero-order valence-electron chi connectivity index (χ0n) is 12.1. The molecule has 0 unspecified atom stereocenters. The topological polar surface area (TPSA) is 20.3 Å². The highest BCUT2D eigenvalue weighted by Gasteiger charge is 2.30. The summed E-state index contributed by atoms with van der Waals surface area (Å²) in [4.78, 5) is 14.7. The summed E-state index contributed by atoms with van der Waals surface area (Å²) in [6.07, 6.45) is 9.04. The molecule has 1 saturated heterocycles. The third-order valence-corrected chi connectivity index (χ3v) is 4.59. The van der Waals surface area contributed by atoms with Crippen LogP contribution in [0.1, 0.15) is 31.7 Å². The average Bonchev–Trinajstić information content (AvgIpc) is 2.76. The number of thiocarbonyl (C=S) groups is 1. The van der Waals surface area contributed by atoms with Crippen LogP contribution in [0.5, 0.6) is 0 Å². The minimum atomic E-state index is 0.0406. The lowest BCUT2D eigenvalue weighted by Gasteiger charge is -2.13. The first kappa shape index (κ1) is 16.0. The molecule has 0 spiro atoms. The molecule has 0 radical (unpaired) electrons. The standard InChI is InChI=1S/C17H19NOS2/c1-2-3-7-13-18-16(19)15(21-17(18)20)12-8-11-14-9-5-4-6-10-14/h4-6,8-12H,2-3,7,13H2,1H3. The molecule has 0 bridgehead atoms. The normalized spacial score (nSPS) is 17.4. The summed E-state index contributed by atoms with van der Waals surface area (Å²) < 4.78 is 0.676. The number of thioether (sulfide) groups is 1. The zero-order valence-corrected chi connectivity index (χ0v) is 13.8. The van der Waals surface area contributed by atoms with Crippen molar-refractivity contribution < 1.29 is 4.79 Å². The molecule has 4 heteroatoms. The number of benzene rings is 1. The SMILES string of the molecule is CCCCCN1C(=O)C(=CC=Cc2ccccc2)SC1=S. The molecule has 1 amide bonds. The molecular formula is C17H19NOS2. The van der Waals surface area contributed by atoms with E-state index in [2.05, 4.69) is 6.92 Å². The molecule has 110 valence electrons. The second kappa shape index (κ2) is 8.15. The van der Waals surface area contributed by atoms with Crippen molar-refractivity contribution in [3.05, 3.63) is 53.0 Å². The summed E-state index contributed by atoms with van der Waals surface area (Å²) in [5, 5.41) is 0. The molecule has 1 aliphatic heterocycles. The van der Waals surface area contributed by atoms with Gasteiger partial charge in [-0.3, -0.25) is 9.69 Å². The Hall–Kier alpha value is -1.39. The van der Waals surface area contributed by atoms with Crippen LogP contribution in [-0.2, 0) is 4.79 Å². The van der Waals surface area contributed by atoms with Gasteiger partial charge in [-0.2, -0.15) is 0 Å². The van der Waals surface area contributed by atoms with Crippen molar-refractivity contribution in [3.8, 4) is 0 Å². The number of carbonyl (C=O) groups excluding carboxylic acids is 1. The van der Waals surface area contributed by atoms with Crippen molar-refractivity contribution in [2.75, 3.05) is 6.54 Å². The summed E-state index contributed by atoms with van der Waals surface area (Å²) in [5.74, 6) is 0.0406. The van der Waals surface area contributed by atoms with E-state index in [0.29, 0.717) is 9.23 Å². The summed E-state index contributed by atoms with van der Waals surface area (Å²) in [7, 11) is 0. The molecular weight excluding hydrogens is 298 g/mol. The maximum absolute atomic E-state index is 12.3. The average molecular weight is 317 g/mol. The van der Waals surface area contributed by atoms with E-state index in [-0.39, 0.29) is 5.91 Å². The van der Waals surface area contributed by atoms with E-state index in [1.807, 2.05) is 48.6 Å². The number of allylic oxidation sites excluding steroid dienone is 2. The van der Waals surface area contributed by atoms with Crippen molar-refractivity contribution in [2.45, 2.75) is 26.2 Å². The van der Waals surface area contributed by atoms with Gasteiger partial charge < -0.3 is 0 Å². The van der Waals surface area contributed by atoms with Crippen LogP contribution in [-0.4, -0.2) is 21.7 Å². The molecule has 1 aromatic rings. The second-order valence-corrected chi connectivity index (χ2v) is 6.51. The van der Waals surface area contributed by atoms with Crippen LogP contribution in [0.3, 0.4) is 0 Å². The lowest BCUT2D eigenvalue weighted by atomic mass is 10.2.